The van der Waals surface area contributed by atoms with Gasteiger partial charge in [0.15, 0.2) is 5.13 Å². The molecule has 0 bridgehead atoms. The first-order valence-electron chi connectivity index (χ1n) is 8.25. The quantitative estimate of drug-likeness (QED) is 0.634. The Kier molecular flexibility index (Phi) is 5.95. The molecule has 2 N–H and O–H groups in total. The first-order valence-corrected chi connectivity index (χ1v) is 9.06. The van der Waals surface area contributed by atoms with E-state index in [1.54, 1.807) is 37.3 Å². The zero-order valence-electron chi connectivity index (χ0n) is 14.7. The van der Waals surface area contributed by atoms with Gasteiger partial charge >= 0.3 is 6.09 Å². The standard InChI is InChI=1S/C19H15F2N3O3S/c1-2-27-19(26)24-18-22-15(11-7-4-3-5-8-11)17(28-18)23-16(25)14-12(20)9-6-10-13(14)21/h3-10H,2H2,1H3,(H,23,25)(H,22,24,26). The molecule has 0 fully saturated rings. The Balaban J connectivity index is 1.95. The number of hydrogen-bond acceptors (Lipinski definition) is 5. The van der Waals surface area contributed by atoms with Crippen molar-refractivity contribution in [3.05, 3.63) is 65.7 Å². The SMILES string of the molecule is CCOC(=O)Nc1nc(-c2ccccc2)c(NC(=O)c2c(F)cccc2F)s1. The van der Waals surface area contributed by atoms with E-state index in [-0.39, 0.29) is 16.7 Å². The van der Waals surface area contributed by atoms with Crippen molar-refractivity contribution in [1.29, 1.82) is 0 Å². The molecule has 9 heteroatoms. The Morgan fingerprint density at radius 2 is 1.71 bits per heavy atom. The highest BCUT2D eigenvalue weighted by Gasteiger charge is 2.21. The van der Waals surface area contributed by atoms with Crippen molar-refractivity contribution in [2.75, 3.05) is 17.2 Å². The Bertz CT molecular complexity index is 989. The van der Waals surface area contributed by atoms with E-state index in [1.165, 1.54) is 6.07 Å². The van der Waals surface area contributed by atoms with Gasteiger partial charge in [-0.3, -0.25) is 10.1 Å². The van der Waals surface area contributed by atoms with E-state index in [2.05, 4.69) is 15.6 Å². The second kappa shape index (κ2) is 8.57. The van der Waals surface area contributed by atoms with Gasteiger partial charge in [0.25, 0.3) is 5.91 Å². The molecule has 0 atom stereocenters. The maximum Gasteiger partial charge on any atom is 0.413 e. The minimum atomic E-state index is -0.979. The van der Waals surface area contributed by atoms with Gasteiger partial charge in [0.1, 0.15) is 27.9 Å². The zero-order valence-corrected chi connectivity index (χ0v) is 15.5. The normalized spacial score (nSPS) is 10.4. The van der Waals surface area contributed by atoms with Crippen LogP contribution in [-0.2, 0) is 4.74 Å². The number of rotatable bonds is 5. The van der Waals surface area contributed by atoms with Crippen LogP contribution >= 0.6 is 11.3 Å². The third-order valence-corrected chi connectivity index (χ3v) is 4.46. The summed E-state index contributed by atoms with van der Waals surface area (Å²) in [7, 11) is 0. The maximum atomic E-state index is 13.9. The molecular formula is C19H15F2N3O3S. The van der Waals surface area contributed by atoms with Crippen LogP contribution in [0.5, 0.6) is 0 Å². The van der Waals surface area contributed by atoms with Crippen molar-refractivity contribution in [3.63, 3.8) is 0 Å². The van der Waals surface area contributed by atoms with Gasteiger partial charge < -0.3 is 10.1 Å². The van der Waals surface area contributed by atoms with Crippen LogP contribution in [0.2, 0.25) is 0 Å². The lowest BCUT2D eigenvalue weighted by Gasteiger charge is -2.07. The summed E-state index contributed by atoms with van der Waals surface area (Å²) in [5.74, 6) is -2.92. The topological polar surface area (TPSA) is 80.3 Å². The highest BCUT2D eigenvalue weighted by molar-refractivity contribution is 7.20. The molecule has 0 spiro atoms. The van der Waals surface area contributed by atoms with E-state index >= 15 is 0 Å². The van der Waals surface area contributed by atoms with Crippen molar-refractivity contribution < 1.29 is 23.1 Å². The van der Waals surface area contributed by atoms with E-state index in [0.717, 1.165) is 23.5 Å². The lowest BCUT2D eigenvalue weighted by Crippen LogP contribution is -2.15. The average molecular weight is 403 g/mol. The predicted molar refractivity (Wildman–Crippen MR) is 103 cm³/mol. The minimum Gasteiger partial charge on any atom is -0.450 e. The molecular weight excluding hydrogens is 388 g/mol. The number of ether oxygens (including phenoxy) is 1. The second-order valence-electron chi connectivity index (χ2n) is 5.46. The summed E-state index contributed by atoms with van der Waals surface area (Å²) in [5, 5.41) is 5.33. The van der Waals surface area contributed by atoms with Crippen LogP contribution in [0.4, 0.5) is 23.7 Å². The molecule has 6 nitrogen and oxygen atoms in total. The molecule has 3 aromatic rings. The summed E-state index contributed by atoms with van der Waals surface area (Å²) in [6.45, 7) is 1.84. The Morgan fingerprint density at radius 1 is 1.04 bits per heavy atom. The van der Waals surface area contributed by atoms with Gasteiger partial charge in [-0.05, 0) is 19.1 Å². The van der Waals surface area contributed by atoms with Crippen LogP contribution in [0.15, 0.2) is 48.5 Å². The van der Waals surface area contributed by atoms with E-state index in [9.17, 15) is 18.4 Å². The minimum absolute atomic E-state index is 0.168. The summed E-state index contributed by atoms with van der Waals surface area (Å²) in [6, 6.07) is 12.0. The molecule has 0 aliphatic rings. The molecule has 0 unspecified atom stereocenters. The lowest BCUT2D eigenvalue weighted by atomic mass is 10.1. The van der Waals surface area contributed by atoms with Crippen LogP contribution < -0.4 is 10.6 Å². The molecule has 0 saturated heterocycles. The molecule has 0 aliphatic heterocycles. The molecule has 144 valence electrons. The van der Waals surface area contributed by atoms with Gasteiger partial charge in [-0.25, -0.2) is 18.6 Å². The van der Waals surface area contributed by atoms with Gasteiger partial charge in [0, 0.05) is 5.56 Å². The Morgan fingerprint density at radius 3 is 2.36 bits per heavy atom. The third kappa shape index (κ3) is 4.32. The number of nitrogens with one attached hydrogen (secondary N) is 2. The second-order valence-corrected chi connectivity index (χ2v) is 6.46. The molecule has 0 aliphatic carbocycles. The number of halogens is 2. The van der Waals surface area contributed by atoms with Gasteiger partial charge in [-0.15, -0.1) is 0 Å². The molecule has 1 heterocycles. The number of carbonyl (C=O) groups is 2. The summed E-state index contributed by atoms with van der Waals surface area (Å²) in [4.78, 5) is 28.4. The molecule has 3 rings (SSSR count). The molecule has 2 aromatic carbocycles. The predicted octanol–water partition coefficient (Wildman–Crippen LogP) is 4.91. The van der Waals surface area contributed by atoms with Crippen molar-refractivity contribution in [1.82, 2.24) is 4.98 Å². The largest absolute Gasteiger partial charge is 0.450 e. The molecule has 0 radical (unpaired) electrons. The van der Waals surface area contributed by atoms with Gasteiger partial charge in [0.05, 0.1) is 6.61 Å². The van der Waals surface area contributed by atoms with E-state index in [4.69, 9.17) is 4.74 Å². The highest BCUT2D eigenvalue weighted by Crippen LogP contribution is 2.36. The molecule has 2 amide bonds. The van der Waals surface area contributed by atoms with Crippen molar-refractivity contribution >= 4 is 33.5 Å². The molecule has 0 saturated carbocycles. The third-order valence-electron chi connectivity index (χ3n) is 3.58. The number of thiazole rings is 1. The van der Waals surface area contributed by atoms with Crippen LogP contribution in [0, 0.1) is 11.6 Å². The number of aromatic nitrogens is 1. The van der Waals surface area contributed by atoms with E-state index in [0.29, 0.717) is 11.3 Å². The fourth-order valence-corrected chi connectivity index (χ4v) is 3.25. The molecule has 1 aromatic heterocycles. The van der Waals surface area contributed by atoms with Gasteiger partial charge in [0.2, 0.25) is 0 Å². The van der Waals surface area contributed by atoms with Crippen molar-refractivity contribution in [3.8, 4) is 11.3 Å². The highest BCUT2D eigenvalue weighted by atomic mass is 32.1. The number of carbonyl (C=O) groups excluding carboxylic acids is 2. The Hall–Kier alpha value is -3.33. The average Bonchev–Trinajstić information content (AvgIpc) is 3.04. The number of anilines is 2. The summed E-state index contributed by atoms with van der Waals surface area (Å²) in [5.41, 5.74) is 0.303. The number of amides is 2. The van der Waals surface area contributed by atoms with Crippen molar-refractivity contribution in [2.24, 2.45) is 0 Å². The fourth-order valence-electron chi connectivity index (χ4n) is 2.38. The smallest absolute Gasteiger partial charge is 0.413 e. The van der Waals surface area contributed by atoms with Gasteiger partial charge in [-0.2, -0.15) is 0 Å². The number of hydrogen-bond donors (Lipinski definition) is 2. The summed E-state index contributed by atoms with van der Waals surface area (Å²) in [6.07, 6.45) is -0.700. The van der Waals surface area contributed by atoms with E-state index in [1.807, 2.05) is 0 Å². The first-order chi connectivity index (χ1) is 13.5. The van der Waals surface area contributed by atoms with Crippen LogP contribution in [0.25, 0.3) is 11.3 Å². The van der Waals surface area contributed by atoms with Gasteiger partial charge in [-0.1, -0.05) is 47.7 Å². The zero-order chi connectivity index (χ0) is 20.1. The molecule has 28 heavy (non-hydrogen) atoms. The van der Waals surface area contributed by atoms with Crippen LogP contribution in [0.1, 0.15) is 17.3 Å². The summed E-state index contributed by atoms with van der Waals surface area (Å²) >= 11 is 0.943. The van der Waals surface area contributed by atoms with E-state index < -0.39 is 29.2 Å². The summed E-state index contributed by atoms with van der Waals surface area (Å²) < 4.78 is 32.6. The monoisotopic (exact) mass is 403 g/mol. The lowest BCUT2D eigenvalue weighted by molar-refractivity contribution is 0.101. The van der Waals surface area contributed by atoms with Crippen LogP contribution in [-0.4, -0.2) is 23.6 Å². The Labute approximate surface area is 163 Å². The fraction of sp³-hybridized carbons (Fsp3) is 0.105. The van der Waals surface area contributed by atoms with Crippen molar-refractivity contribution in [2.45, 2.75) is 6.92 Å². The number of benzene rings is 2. The number of nitrogens with zero attached hydrogens (tertiary/aromatic N) is 1. The maximum absolute atomic E-state index is 13.9. The first kappa shape index (κ1) is 19.4. The van der Waals surface area contributed by atoms with Crippen LogP contribution in [0.3, 0.4) is 0 Å².